The van der Waals surface area contributed by atoms with E-state index >= 15 is 0 Å². The van der Waals surface area contributed by atoms with Crippen molar-refractivity contribution in [1.82, 2.24) is 5.43 Å². The first-order valence-corrected chi connectivity index (χ1v) is 5.60. The minimum Gasteiger partial charge on any atom is -0.496 e. The van der Waals surface area contributed by atoms with E-state index in [1.54, 1.807) is 12.1 Å². The molecule has 0 fully saturated rings. The van der Waals surface area contributed by atoms with Gasteiger partial charge in [0.1, 0.15) is 11.6 Å². The molecule has 17 heavy (non-hydrogen) atoms. The summed E-state index contributed by atoms with van der Waals surface area (Å²) in [7, 11) is 1.50. The summed E-state index contributed by atoms with van der Waals surface area (Å²) in [5.74, 6) is 5.54. The summed E-state index contributed by atoms with van der Waals surface area (Å²) in [5.41, 5.74) is 2.94. The smallest absolute Gasteiger partial charge is 0.131 e. The monoisotopic (exact) mass is 242 g/mol. The van der Waals surface area contributed by atoms with Gasteiger partial charge >= 0.3 is 0 Å². The number of ether oxygens (including phenoxy) is 2. The standard InChI is InChI=1S/C12H19FN2O2/c1-3-7-17-8-10(15-14)12-9(13)5-4-6-11(12)16-2/h4-6,10,15H,3,7-8,14H2,1-2H3. The summed E-state index contributed by atoms with van der Waals surface area (Å²) >= 11 is 0. The van der Waals surface area contributed by atoms with Crippen LogP contribution in [0, 0.1) is 5.82 Å². The van der Waals surface area contributed by atoms with Gasteiger partial charge in [-0.25, -0.2) is 4.39 Å². The van der Waals surface area contributed by atoms with Crippen molar-refractivity contribution < 1.29 is 13.9 Å². The summed E-state index contributed by atoms with van der Waals surface area (Å²) in [6, 6.07) is 4.25. The van der Waals surface area contributed by atoms with Crippen LogP contribution >= 0.6 is 0 Å². The lowest BCUT2D eigenvalue weighted by atomic mass is 10.1. The summed E-state index contributed by atoms with van der Waals surface area (Å²) in [5, 5.41) is 0. The van der Waals surface area contributed by atoms with E-state index in [1.165, 1.54) is 13.2 Å². The molecule has 0 radical (unpaired) electrons. The van der Waals surface area contributed by atoms with E-state index in [1.807, 2.05) is 6.92 Å². The van der Waals surface area contributed by atoms with Crippen LogP contribution in [-0.4, -0.2) is 20.3 Å². The molecule has 96 valence electrons. The highest BCUT2D eigenvalue weighted by atomic mass is 19.1. The van der Waals surface area contributed by atoms with Gasteiger partial charge in [0.05, 0.1) is 25.3 Å². The number of hydrogen-bond acceptors (Lipinski definition) is 4. The Kier molecular flexibility index (Phi) is 5.90. The molecule has 0 aliphatic rings. The molecule has 0 aromatic heterocycles. The van der Waals surface area contributed by atoms with Crippen molar-refractivity contribution in [2.75, 3.05) is 20.3 Å². The Morgan fingerprint density at radius 3 is 2.82 bits per heavy atom. The third kappa shape index (κ3) is 3.66. The van der Waals surface area contributed by atoms with Crippen LogP contribution in [0.2, 0.25) is 0 Å². The predicted molar refractivity (Wildman–Crippen MR) is 64.1 cm³/mol. The second kappa shape index (κ2) is 7.21. The first kappa shape index (κ1) is 13.9. The number of rotatable bonds is 7. The van der Waals surface area contributed by atoms with E-state index in [-0.39, 0.29) is 5.82 Å². The molecule has 3 N–H and O–H groups in total. The van der Waals surface area contributed by atoms with Crippen molar-refractivity contribution in [3.8, 4) is 5.75 Å². The molecular weight excluding hydrogens is 223 g/mol. The molecule has 0 saturated heterocycles. The highest BCUT2D eigenvalue weighted by Crippen LogP contribution is 2.27. The SMILES string of the molecule is CCCOCC(NN)c1c(F)cccc1OC. The number of methoxy groups -OCH3 is 1. The topological polar surface area (TPSA) is 56.5 Å². The first-order valence-electron chi connectivity index (χ1n) is 5.60. The highest BCUT2D eigenvalue weighted by molar-refractivity contribution is 5.37. The predicted octanol–water partition coefficient (Wildman–Crippen LogP) is 1.77. The number of hydrogen-bond donors (Lipinski definition) is 2. The Morgan fingerprint density at radius 1 is 1.47 bits per heavy atom. The molecular formula is C12H19FN2O2. The van der Waals surface area contributed by atoms with E-state index in [0.717, 1.165) is 6.42 Å². The summed E-state index contributed by atoms with van der Waals surface area (Å²) < 4.78 is 24.3. The molecule has 0 heterocycles. The Balaban J connectivity index is 2.86. The van der Waals surface area contributed by atoms with E-state index in [0.29, 0.717) is 24.5 Å². The average Bonchev–Trinajstić information content (AvgIpc) is 2.35. The van der Waals surface area contributed by atoms with Gasteiger partial charge in [0.25, 0.3) is 0 Å². The molecule has 1 atom stereocenters. The van der Waals surface area contributed by atoms with Gasteiger partial charge in [0.2, 0.25) is 0 Å². The third-order valence-electron chi connectivity index (χ3n) is 2.42. The Morgan fingerprint density at radius 2 is 2.24 bits per heavy atom. The van der Waals surface area contributed by atoms with Gasteiger partial charge in [-0.1, -0.05) is 13.0 Å². The van der Waals surface area contributed by atoms with Crippen LogP contribution in [0.5, 0.6) is 5.75 Å². The maximum absolute atomic E-state index is 13.8. The molecule has 0 bridgehead atoms. The largest absolute Gasteiger partial charge is 0.496 e. The van der Waals surface area contributed by atoms with Crippen molar-refractivity contribution in [3.05, 3.63) is 29.6 Å². The number of hydrazine groups is 1. The molecule has 4 nitrogen and oxygen atoms in total. The minimum absolute atomic E-state index is 0.307. The van der Waals surface area contributed by atoms with Crippen LogP contribution in [0.3, 0.4) is 0 Å². The zero-order valence-electron chi connectivity index (χ0n) is 10.2. The van der Waals surface area contributed by atoms with Crippen molar-refractivity contribution in [2.45, 2.75) is 19.4 Å². The molecule has 1 unspecified atom stereocenters. The molecule has 1 rings (SSSR count). The number of nitrogens with two attached hydrogens (primary N) is 1. The average molecular weight is 242 g/mol. The van der Waals surface area contributed by atoms with E-state index < -0.39 is 6.04 Å². The quantitative estimate of drug-likeness (QED) is 0.434. The fourth-order valence-corrected chi connectivity index (χ4v) is 1.59. The number of benzene rings is 1. The van der Waals surface area contributed by atoms with Gasteiger partial charge in [-0.15, -0.1) is 0 Å². The Bertz CT molecular complexity index is 347. The molecule has 0 aliphatic carbocycles. The summed E-state index contributed by atoms with van der Waals surface area (Å²) in [6.07, 6.45) is 0.908. The summed E-state index contributed by atoms with van der Waals surface area (Å²) in [4.78, 5) is 0. The van der Waals surface area contributed by atoms with Crippen molar-refractivity contribution in [2.24, 2.45) is 5.84 Å². The molecule has 5 heteroatoms. The Labute approximate surface area is 101 Å². The second-order valence-electron chi connectivity index (χ2n) is 3.65. The molecule has 0 spiro atoms. The summed E-state index contributed by atoms with van der Waals surface area (Å²) in [6.45, 7) is 2.94. The van der Waals surface area contributed by atoms with Gasteiger partial charge in [-0.05, 0) is 18.6 Å². The van der Waals surface area contributed by atoms with Crippen LogP contribution < -0.4 is 16.0 Å². The highest BCUT2D eigenvalue weighted by Gasteiger charge is 2.19. The van der Waals surface area contributed by atoms with E-state index in [4.69, 9.17) is 15.3 Å². The Hall–Kier alpha value is -1.17. The fourth-order valence-electron chi connectivity index (χ4n) is 1.59. The fraction of sp³-hybridized carbons (Fsp3) is 0.500. The van der Waals surface area contributed by atoms with Gasteiger partial charge in [-0.2, -0.15) is 0 Å². The van der Waals surface area contributed by atoms with Crippen LogP contribution in [0.1, 0.15) is 24.9 Å². The third-order valence-corrected chi connectivity index (χ3v) is 2.42. The zero-order chi connectivity index (χ0) is 12.7. The second-order valence-corrected chi connectivity index (χ2v) is 3.65. The zero-order valence-corrected chi connectivity index (χ0v) is 10.2. The molecule has 0 saturated carbocycles. The molecule has 0 aliphatic heterocycles. The lowest BCUT2D eigenvalue weighted by Crippen LogP contribution is -2.32. The van der Waals surface area contributed by atoms with Gasteiger partial charge < -0.3 is 9.47 Å². The number of halogens is 1. The van der Waals surface area contributed by atoms with Crippen molar-refractivity contribution >= 4 is 0 Å². The molecule has 1 aromatic carbocycles. The maximum atomic E-state index is 13.8. The lowest BCUT2D eigenvalue weighted by molar-refractivity contribution is 0.110. The normalized spacial score (nSPS) is 12.5. The maximum Gasteiger partial charge on any atom is 0.131 e. The van der Waals surface area contributed by atoms with Crippen LogP contribution in [0.4, 0.5) is 4.39 Å². The van der Waals surface area contributed by atoms with Crippen molar-refractivity contribution in [1.29, 1.82) is 0 Å². The first-order chi connectivity index (χ1) is 8.24. The van der Waals surface area contributed by atoms with Gasteiger partial charge in [-0.3, -0.25) is 11.3 Å². The van der Waals surface area contributed by atoms with Gasteiger partial charge in [0, 0.05) is 6.61 Å². The van der Waals surface area contributed by atoms with Gasteiger partial charge in [0.15, 0.2) is 0 Å². The van der Waals surface area contributed by atoms with Crippen LogP contribution in [-0.2, 0) is 4.74 Å². The van der Waals surface area contributed by atoms with Crippen LogP contribution in [0.25, 0.3) is 0 Å². The lowest BCUT2D eigenvalue weighted by Gasteiger charge is -2.19. The van der Waals surface area contributed by atoms with Crippen LogP contribution in [0.15, 0.2) is 18.2 Å². The molecule has 0 amide bonds. The number of nitrogens with one attached hydrogen (secondary N) is 1. The van der Waals surface area contributed by atoms with E-state index in [2.05, 4.69) is 5.43 Å². The van der Waals surface area contributed by atoms with E-state index in [9.17, 15) is 4.39 Å². The minimum atomic E-state index is -0.419. The molecule has 1 aromatic rings. The van der Waals surface area contributed by atoms with Crippen molar-refractivity contribution in [3.63, 3.8) is 0 Å².